The minimum absolute atomic E-state index is 0.00912. The molecule has 0 saturated heterocycles. The fourth-order valence-corrected chi connectivity index (χ4v) is 2.31. The first-order valence-corrected chi connectivity index (χ1v) is 7.71. The highest BCUT2D eigenvalue weighted by Crippen LogP contribution is 2.22. The summed E-state index contributed by atoms with van der Waals surface area (Å²) >= 11 is 3.16. The number of benzene rings is 2. The standard InChI is InChI=1S/C17H14BrFN2O2/c18-13-7-8-16(15(19)11-13)23-12-17(22)21(10-4-9-20)14-5-2-1-3-6-14/h1-3,5-8,11H,4,10,12H2. The van der Waals surface area contributed by atoms with Crippen LogP contribution in [0.5, 0.6) is 5.75 Å². The van der Waals surface area contributed by atoms with Crippen LogP contribution >= 0.6 is 15.9 Å². The van der Waals surface area contributed by atoms with Crippen LogP contribution in [0.25, 0.3) is 0 Å². The second-order valence-electron chi connectivity index (χ2n) is 4.65. The number of nitriles is 1. The van der Waals surface area contributed by atoms with Gasteiger partial charge in [-0.15, -0.1) is 0 Å². The molecule has 4 nitrogen and oxygen atoms in total. The van der Waals surface area contributed by atoms with E-state index in [9.17, 15) is 9.18 Å². The van der Waals surface area contributed by atoms with Crippen molar-refractivity contribution in [1.29, 1.82) is 5.26 Å². The van der Waals surface area contributed by atoms with Crippen LogP contribution in [0.1, 0.15) is 6.42 Å². The van der Waals surface area contributed by atoms with Gasteiger partial charge >= 0.3 is 0 Å². The SMILES string of the molecule is N#CCCN(C(=O)COc1ccc(Br)cc1F)c1ccccc1. The number of anilines is 1. The molecule has 0 saturated carbocycles. The quantitative estimate of drug-likeness (QED) is 0.767. The summed E-state index contributed by atoms with van der Waals surface area (Å²) in [7, 11) is 0. The molecule has 0 bridgehead atoms. The fourth-order valence-electron chi connectivity index (χ4n) is 1.98. The molecular weight excluding hydrogens is 363 g/mol. The topological polar surface area (TPSA) is 53.3 Å². The normalized spacial score (nSPS) is 9.96. The molecule has 6 heteroatoms. The van der Waals surface area contributed by atoms with Crippen molar-refractivity contribution in [3.63, 3.8) is 0 Å². The lowest BCUT2D eigenvalue weighted by Gasteiger charge is -2.22. The molecule has 1 amide bonds. The first kappa shape index (κ1) is 17.0. The molecule has 0 fully saturated rings. The van der Waals surface area contributed by atoms with Gasteiger partial charge in [0.25, 0.3) is 5.91 Å². The van der Waals surface area contributed by atoms with E-state index < -0.39 is 5.82 Å². The molecule has 23 heavy (non-hydrogen) atoms. The fraction of sp³-hybridized carbons (Fsp3) is 0.176. The number of carbonyl (C=O) groups is 1. The van der Waals surface area contributed by atoms with E-state index in [1.165, 1.54) is 17.0 Å². The van der Waals surface area contributed by atoms with E-state index in [1.54, 1.807) is 30.3 Å². The number of hydrogen-bond acceptors (Lipinski definition) is 3. The third kappa shape index (κ3) is 4.80. The lowest BCUT2D eigenvalue weighted by Crippen LogP contribution is -2.35. The van der Waals surface area contributed by atoms with Crippen LogP contribution in [0.15, 0.2) is 53.0 Å². The Hall–Kier alpha value is -2.39. The molecule has 0 atom stereocenters. The van der Waals surface area contributed by atoms with Crippen molar-refractivity contribution in [3.05, 3.63) is 58.8 Å². The van der Waals surface area contributed by atoms with Crippen molar-refractivity contribution in [2.45, 2.75) is 6.42 Å². The van der Waals surface area contributed by atoms with E-state index in [-0.39, 0.29) is 31.2 Å². The molecule has 0 aromatic heterocycles. The average molecular weight is 377 g/mol. The number of ether oxygens (including phenoxy) is 1. The summed E-state index contributed by atoms with van der Waals surface area (Å²) in [5.41, 5.74) is 0.674. The third-order valence-electron chi connectivity index (χ3n) is 3.06. The number of carbonyl (C=O) groups excluding carboxylic acids is 1. The van der Waals surface area contributed by atoms with E-state index in [2.05, 4.69) is 15.9 Å². The van der Waals surface area contributed by atoms with Crippen molar-refractivity contribution in [2.24, 2.45) is 0 Å². The van der Waals surface area contributed by atoms with E-state index in [1.807, 2.05) is 12.1 Å². The Morgan fingerprint density at radius 1 is 1.26 bits per heavy atom. The molecule has 0 aliphatic carbocycles. The Balaban J connectivity index is 2.07. The van der Waals surface area contributed by atoms with Gasteiger partial charge in [0.1, 0.15) is 0 Å². The van der Waals surface area contributed by atoms with E-state index >= 15 is 0 Å². The monoisotopic (exact) mass is 376 g/mol. The average Bonchev–Trinajstić information content (AvgIpc) is 2.55. The first-order chi connectivity index (χ1) is 11.1. The maximum Gasteiger partial charge on any atom is 0.264 e. The van der Waals surface area contributed by atoms with Crippen molar-refractivity contribution >= 4 is 27.5 Å². The van der Waals surface area contributed by atoms with Crippen LogP contribution < -0.4 is 9.64 Å². The number of hydrogen-bond donors (Lipinski definition) is 0. The van der Waals surface area contributed by atoms with Gasteiger partial charge in [0.2, 0.25) is 0 Å². The molecule has 0 aliphatic rings. The van der Waals surface area contributed by atoms with Gasteiger partial charge in [0, 0.05) is 16.7 Å². The predicted octanol–water partition coefficient (Wildman–Crippen LogP) is 3.91. The maximum atomic E-state index is 13.7. The van der Waals surface area contributed by atoms with Crippen LogP contribution in [0.2, 0.25) is 0 Å². The molecule has 0 radical (unpaired) electrons. The highest BCUT2D eigenvalue weighted by atomic mass is 79.9. The van der Waals surface area contributed by atoms with Crippen LogP contribution in [-0.4, -0.2) is 19.1 Å². The molecule has 0 spiro atoms. The molecule has 0 unspecified atom stereocenters. The Morgan fingerprint density at radius 3 is 2.65 bits per heavy atom. The number of nitrogens with zero attached hydrogens (tertiary/aromatic N) is 2. The second-order valence-corrected chi connectivity index (χ2v) is 5.57. The van der Waals surface area contributed by atoms with Crippen LogP contribution in [0, 0.1) is 17.1 Å². The molecule has 0 N–H and O–H groups in total. The van der Waals surface area contributed by atoms with Crippen molar-refractivity contribution in [3.8, 4) is 11.8 Å². The van der Waals surface area contributed by atoms with Gasteiger partial charge < -0.3 is 9.64 Å². The second kappa shape index (κ2) is 8.30. The zero-order valence-corrected chi connectivity index (χ0v) is 13.8. The molecule has 118 valence electrons. The zero-order chi connectivity index (χ0) is 16.7. The summed E-state index contributed by atoms with van der Waals surface area (Å²) in [6, 6.07) is 15.4. The smallest absolute Gasteiger partial charge is 0.264 e. The van der Waals surface area contributed by atoms with E-state index in [0.29, 0.717) is 10.2 Å². The number of rotatable bonds is 6. The van der Waals surface area contributed by atoms with Gasteiger partial charge in [-0.3, -0.25) is 4.79 Å². The highest BCUT2D eigenvalue weighted by molar-refractivity contribution is 9.10. The lowest BCUT2D eigenvalue weighted by molar-refractivity contribution is -0.120. The van der Waals surface area contributed by atoms with Crippen LogP contribution in [-0.2, 0) is 4.79 Å². The van der Waals surface area contributed by atoms with Gasteiger partial charge in [-0.1, -0.05) is 34.1 Å². The summed E-state index contributed by atoms with van der Waals surface area (Å²) in [4.78, 5) is 13.8. The summed E-state index contributed by atoms with van der Waals surface area (Å²) in [6.45, 7) is -0.0512. The number of para-hydroxylation sites is 1. The van der Waals surface area contributed by atoms with E-state index in [4.69, 9.17) is 10.00 Å². The molecule has 2 rings (SSSR count). The van der Waals surface area contributed by atoms with Crippen LogP contribution in [0.4, 0.5) is 10.1 Å². The van der Waals surface area contributed by atoms with Gasteiger partial charge in [-0.2, -0.15) is 5.26 Å². The summed E-state index contributed by atoms with van der Waals surface area (Å²) in [5.74, 6) is -0.876. The summed E-state index contributed by atoms with van der Waals surface area (Å²) in [6.07, 6.45) is 0.202. The molecule has 2 aromatic rings. The summed E-state index contributed by atoms with van der Waals surface area (Å²) < 4.78 is 19.6. The van der Waals surface area contributed by atoms with Crippen molar-refractivity contribution < 1.29 is 13.9 Å². The predicted molar refractivity (Wildman–Crippen MR) is 88.6 cm³/mol. The highest BCUT2D eigenvalue weighted by Gasteiger charge is 2.16. The Labute approximate surface area is 142 Å². The Kier molecular flexibility index (Phi) is 6.12. The van der Waals surface area contributed by atoms with Crippen molar-refractivity contribution in [2.75, 3.05) is 18.1 Å². The van der Waals surface area contributed by atoms with Crippen LogP contribution in [0.3, 0.4) is 0 Å². The zero-order valence-electron chi connectivity index (χ0n) is 12.2. The largest absolute Gasteiger partial charge is 0.481 e. The Morgan fingerprint density at radius 2 is 2.00 bits per heavy atom. The maximum absolute atomic E-state index is 13.7. The molecule has 0 heterocycles. The lowest BCUT2D eigenvalue weighted by atomic mass is 10.2. The molecule has 2 aromatic carbocycles. The van der Waals surface area contributed by atoms with E-state index in [0.717, 1.165) is 0 Å². The van der Waals surface area contributed by atoms with Crippen molar-refractivity contribution in [1.82, 2.24) is 0 Å². The first-order valence-electron chi connectivity index (χ1n) is 6.92. The molecule has 0 aliphatic heterocycles. The third-order valence-corrected chi connectivity index (χ3v) is 3.55. The minimum Gasteiger partial charge on any atom is -0.481 e. The van der Waals surface area contributed by atoms with Gasteiger partial charge in [0.05, 0.1) is 12.5 Å². The van der Waals surface area contributed by atoms with Gasteiger partial charge in [0.15, 0.2) is 18.2 Å². The molecular formula is C17H14BrFN2O2. The number of halogens is 2. The minimum atomic E-state index is -0.546. The number of amides is 1. The van der Waals surface area contributed by atoms with Gasteiger partial charge in [-0.25, -0.2) is 4.39 Å². The summed E-state index contributed by atoms with van der Waals surface area (Å²) in [5, 5.41) is 8.74. The van der Waals surface area contributed by atoms with Gasteiger partial charge in [-0.05, 0) is 30.3 Å². The Bertz CT molecular complexity index is 716.